The molecule has 2 heteroatoms. The molecule has 0 aromatic heterocycles. The quantitative estimate of drug-likeness (QED) is 0.443. The highest BCUT2D eigenvalue weighted by Crippen LogP contribution is 1.36. The van der Waals surface area contributed by atoms with Crippen LogP contribution < -0.4 is 0 Å². The third-order valence-electron chi connectivity index (χ3n) is 0. The van der Waals surface area contributed by atoms with Crippen LogP contribution in [0.15, 0.2) is 0 Å². The zero-order valence-electron chi connectivity index (χ0n) is 2.99. The second-order valence-corrected chi connectivity index (χ2v) is 1.73. The largest absolute Gasteiger partial charge is 0.191 e. The molecule has 0 aliphatic carbocycles. The summed E-state index contributed by atoms with van der Waals surface area (Å²) in [4.78, 5) is 0. The van der Waals surface area contributed by atoms with Crippen LogP contribution in [0, 0.1) is 0 Å². The zero-order chi connectivity index (χ0) is 2.71. The van der Waals surface area contributed by atoms with Gasteiger partial charge in [-0.05, 0) is 0 Å². The van der Waals surface area contributed by atoms with Gasteiger partial charge in [-0.25, -0.2) is 0 Å². The smallest absolute Gasteiger partial charge is 0.115 e. The second kappa shape index (κ2) is 8.99. The monoisotopic (exact) mass is 137 g/mol. The molecule has 0 aliphatic rings. The van der Waals surface area contributed by atoms with Crippen molar-refractivity contribution in [2.24, 2.45) is 0 Å². The molecular weight excluding hydrogens is 131 g/mol. The average molecular weight is 138 g/mol. The van der Waals surface area contributed by atoms with Crippen LogP contribution in [0.3, 0.4) is 0 Å². The van der Waals surface area contributed by atoms with Gasteiger partial charge >= 0.3 is 0 Å². The lowest BCUT2D eigenvalue weighted by Crippen LogP contribution is -1.53. The lowest BCUT2D eigenvalue weighted by molar-refractivity contribution is 2.14. The Morgan fingerprint density at radius 1 is 1.25 bits per heavy atom. The SMILES string of the molecule is Br.[CH3][Al][CH3]. The van der Waals surface area contributed by atoms with Gasteiger partial charge in [0.05, 0.1) is 0 Å². The topological polar surface area (TPSA) is 0 Å². The average Bonchev–Trinajstić information content (AvgIpc) is 0.918. The van der Waals surface area contributed by atoms with Crippen LogP contribution in [0.25, 0.3) is 0 Å². The van der Waals surface area contributed by atoms with Crippen LogP contribution in [0.4, 0.5) is 0 Å². The maximum absolute atomic E-state index is 2.21. The molecule has 0 unspecified atom stereocenters. The van der Waals surface area contributed by atoms with Gasteiger partial charge in [-0.1, -0.05) is 0 Å². The van der Waals surface area contributed by atoms with Crippen LogP contribution in [-0.2, 0) is 0 Å². The second-order valence-electron chi connectivity index (χ2n) is 0.577. The maximum Gasteiger partial charge on any atom is 0.191 e. The van der Waals surface area contributed by atoms with E-state index in [0.29, 0.717) is 0 Å². The molecule has 0 fully saturated rings. The Kier molecular flexibility index (Phi) is 20.0. The molecule has 4 heavy (non-hydrogen) atoms. The Labute approximate surface area is 44.1 Å². The Hall–Kier alpha value is 1.01. The van der Waals surface area contributed by atoms with Gasteiger partial charge in [0, 0.05) is 0 Å². The van der Waals surface area contributed by atoms with Crippen molar-refractivity contribution in [2.45, 2.75) is 11.6 Å². The molecule has 0 rings (SSSR count). The minimum absolute atomic E-state index is 0. The predicted molar refractivity (Wildman–Crippen MR) is 27.8 cm³/mol. The van der Waals surface area contributed by atoms with Crippen molar-refractivity contribution in [1.82, 2.24) is 0 Å². The minimum atomic E-state index is 0. The first-order valence-electron chi connectivity index (χ1n) is 1.15. The van der Waals surface area contributed by atoms with Crippen molar-refractivity contribution in [3.63, 3.8) is 0 Å². The molecule has 0 aromatic rings. The number of hydrogen-bond donors (Lipinski definition) is 0. The van der Waals surface area contributed by atoms with Crippen molar-refractivity contribution in [3.8, 4) is 0 Å². The number of halogens is 1. The van der Waals surface area contributed by atoms with E-state index in [0.717, 1.165) is 15.2 Å². The third-order valence-corrected chi connectivity index (χ3v) is 0. The Morgan fingerprint density at radius 3 is 1.25 bits per heavy atom. The van der Waals surface area contributed by atoms with E-state index in [1.165, 1.54) is 0 Å². The first-order chi connectivity index (χ1) is 1.41. The van der Waals surface area contributed by atoms with E-state index >= 15 is 0 Å². The first kappa shape index (κ1) is 8.89. The van der Waals surface area contributed by atoms with Crippen molar-refractivity contribution >= 4 is 32.2 Å². The minimum Gasteiger partial charge on any atom is -0.115 e. The van der Waals surface area contributed by atoms with Crippen LogP contribution in [0.1, 0.15) is 0 Å². The summed E-state index contributed by atoms with van der Waals surface area (Å²) in [6.45, 7) is 0. The number of hydrogen-bond acceptors (Lipinski definition) is 0. The van der Waals surface area contributed by atoms with Gasteiger partial charge in [0.25, 0.3) is 0 Å². The van der Waals surface area contributed by atoms with E-state index in [1.807, 2.05) is 0 Å². The lowest BCUT2D eigenvalue weighted by atomic mass is 11.9. The van der Waals surface area contributed by atoms with Crippen LogP contribution >= 0.6 is 17.0 Å². The Bertz CT molecular complexity index is 6.00. The van der Waals surface area contributed by atoms with E-state index in [-0.39, 0.29) is 17.0 Å². The van der Waals surface area contributed by atoms with Crippen LogP contribution in [-0.4, -0.2) is 15.2 Å². The summed E-state index contributed by atoms with van der Waals surface area (Å²) in [5, 5.41) is 0. The molecule has 0 bridgehead atoms. The molecule has 0 atom stereocenters. The fourth-order valence-electron chi connectivity index (χ4n) is 0. The molecule has 25 valence electrons. The van der Waals surface area contributed by atoms with Gasteiger partial charge in [-0.2, -0.15) is 0 Å². The Balaban J connectivity index is 0. The summed E-state index contributed by atoms with van der Waals surface area (Å²) in [6, 6.07) is 0. The summed E-state index contributed by atoms with van der Waals surface area (Å²) >= 11 is 0.750. The van der Waals surface area contributed by atoms with E-state index in [4.69, 9.17) is 0 Å². The Morgan fingerprint density at radius 2 is 1.25 bits per heavy atom. The number of rotatable bonds is 0. The van der Waals surface area contributed by atoms with E-state index in [9.17, 15) is 0 Å². The lowest BCUT2D eigenvalue weighted by Gasteiger charge is -1.38. The highest BCUT2D eigenvalue weighted by molar-refractivity contribution is 8.93. The van der Waals surface area contributed by atoms with Crippen LogP contribution in [0.5, 0.6) is 0 Å². The molecule has 0 saturated heterocycles. The summed E-state index contributed by atoms with van der Waals surface area (Å²) in [5.41, 5.74) is 0. The van der Waals surface area contributed by atoms with Gasteiger partial charge in [-0.3, -0.25) is 0 Å². The van der Waals surface area contributed by atoms with E-state index in [2.05, 4.69) is 11.6 Å². The molecule has 0 aliphatic heterocycles. The molecule has 0 heterocycles. The predicted octanol–water partition coefficient (Wildman–Crippen LogP) is 1.36. The highest BCUT2D eigenvalue weighted by Gasteiger charge is 1.46. The highest BCUT2D eigenvalue weighted by atomic mass is 79.9. The summed E-state index contributed by atoms with van der Waals surface area (Å²) < 4.78 is 0. The fraction of sp³-hybridized carbons (Fsp3) is 1.00. The van der Waals surface area contributed by atoms with Gasteiger partial charge in [0.15, 0.2) is 15.2 Å². The van der Waals surface area contributed by atoms with Crippen molar-refractivity contribution in [1.29, 1.82) is 0 Å². The molecule has 0 spiro atoms. The summed E-state index contributed by atoms with van der Waals surface area (Å²) in [7, 11) is 0. The van der Waals surface area contributed by atoms with E-state index in [1.54, 1.807) is 0 Å². The summed E-state index contributed by atoms with van der Waals surface area (Å²) in [6.07, 6.45) is 0. The first-order valence-corrected chi connectivity index (χ1v) is 3.46. The van der Waals surface area contributed by atoms with Gasteiger partial charge in [-0.15, -0.1) is 28.6 Å². The normalized spacial score (nSPS) is 3.50. The molecule has 0 N–H and O–H groups in total. The van der Waals surface area contributed by atoms with Gasteiger partial charge in [0.2, 0.25) is 0 Å². The van der Waals surface area contributed by atoms with Crippen molar-refractivity contribution in [3.05, 3.63) is 0 Å². The van der Waals surface area contributed by atoms with Crippen molar-refractivity contribution in [2.75, 3.05) is 0 Å². The molecule has 0 nitrogen and oxygen atoms in total. The molecule has 0 aromatic carbocycles. The molecular formula is C2H7AlBr. The fourth-order valence-corrected chi connectivity index (χ4v) is 0. The summed E-state index contributed by atoms with van der Waals surface area (Å²) in [5.74, 6) is 4.42. The zero-order valence-corrected chi connectivity index (χ0v) is 5.85. The molecule has 0 amide bonds. The molecule has 1 radical (unpaired) electrons. The maximum atomic E-state index is 2.21. The van der Waals surface area contributed by atoms with Crippen molar-refractivity contribution < 1.29 is 0 Å². The van der Waals surface area contributed by atoms with Crippen LogP contribution in [0.2, 0.25) is 11.6 Å². The molecule has 0 saturated carbocycles. The van der Waals surface area contributed by atoms with Gasteiger partial charge in [0.1, 0.15) is 0 Å². The van der Waals surface area contributed by atoms with Gasteiger partial charge < -0.3 is 0 Å². The standard InChI is InChI=1S/2CH3.Al.BrH/h2*1H3;;1H. The third kappa shape index (κ3) is 11.9. The van der Waals surface area contributed by atoms with E-state index < -0.39 is 0 Å².